The second-order valence-electron chi connectivity index (χ2n) is 7.74. The van der Waals surface area contributed by atoms with Crippen LogP contribution in [-0.4, -0.2) is 39.7 Å². The summed E-state index contributed by atoms with van der Waals surface area (Å²) in [5.41, 5.74) is 1.62. The highest BCUT2D eigenvalue weighted by atomic mass is 79.9. The van der Waals surface area contributed by atoms with E-state index in [1.807, 2.05) is 44.5 Å². The third-order valence-corrected chi connectivity index (χ3v) is 5.89. The Morgan fingerprint density at radius 3 is 2.52 bits per heavy atom. The Hall–Kier alpha value is -0.955. The van der Waals surface area contributed by atoms with E-state index in [1.54, 1.807) is 0 Å². The molecular formula is C17H23BBrN3O3. The molecule has 2 fully saturated rings. The van der Waals surface area contributed by atoms with E-state index < -0.39 is 18.3 Å². The van der Waals surface area contributed by atoms with Crippen LogP contribution in [0.2, 0.25) is 0 Å². The van der Waals surface area contributed by atoms with Gasteiger partial charge in [-0.15, -0.1) is 0 Å². The maximum atomic E-state index is 6.20. The van der Waals surface area contributed by atoms with Crippen LogP contribution >= 0.6 is 15.9 Å². The number of fused-ring (bicyclic) bond motifs is 1. The summed E-state index contributed by atoms with van der Waals surface area (Å²) in [4.78, 5) is 4.65. The number of rotatable bonds is 2. The number of halogens is 1. The smallest absolute Gasteiger partial charge is 0.398 e. The lowest BCUT2D eigenvalue weighted by atomic mass is 9.84. The molecule has 134 valence electrons. The zero-order valence-electron chi connectivity index (χ0n) is 15.1. The minimum atomic E-state index is -0.542. The molecule has 4 heterocycles. The maximum absolute atomic E-state index is 6.20. The zero-order chi connectivity index (χ0) is 17.8. The van der Waals surface area contributed by atoms with Crippen LogP contribution in [0.25, 0.3) is 11.0 Å². The number of nitrogens with zero attached hydrogens (tertiary/aromatic N) is 3. The van der Waals surface area contributed by atoms with Crippen molar-refractivity contribution in [3.63, 3.8) is 0 Å². The van der Waals surface area contributed by atoms with Gasteiger partial charge in [-0.2, -0.15) is 5.10 Å². The van der Waals surface area contributed by atoms with Gasteiger partial charge in [0, 0.05) is 6.61 Å². The standard InChI is InChI=1S/C17H23BBrN3O3/c1-16(2)17(3,4)25-18(24-16)15-14-11(8-9-12(19)20-14)22(21-15)13-7-5-6-10-23-13/h8-9,13H,5-7,10H2,1-4H3. The van der Waals surface area contributed by atoms with Crippen LogP contribution in [0.3, 0.4) is 0 Å². The van der Waals surface area contributed by atoms with Crippen molar-refractivity contribution in [2.75, 3.05) is 6.61 Å². The SMILES string of the molecule is CC1(C)OB(c2nn(C3CCCCO3)c3ccc(Br)nc23)OC1(C)C. The Morgan fingerprint density at radius 2 is 1.88 bits per heavy atom. The van der Waals surface area contributed by atoms with Crippen molar-refractivity contribution >= 4 is 39.7 Å². The average molecular weight is 408 g/mol. The molecule has 2 saturated heterocycles. The van der Waals surface area contributed by atoms with Crippen molar-refractivity contribution in [2.45, 2.75) is 64.4 Å². The summed E-state index contributed by atoms with van der Waals surface area (Å²) in [5, 5.41) is 4.83. The van der Waals surface area contributed by atoms with Crippen molar-refractivity contribution < 1.29 is 14.0 Å². The van der Waals surface area contributed by atoms with E-state index in [-0.39, 0.29) is 6.23 Å². The van der Waals surface area contributed by atoms with Gasteiger partial charge in [0.05, 0.1) is 16.7 Å². The zero-order valence-corrected chi connectivity index (χ0v) is 16.7. The van der Waals surface area contributed by atoms with Crippen LogP contribution < -0.4 is 5.59 Å². The van der Waals surface area contributed by atoms with Crippen molar-refractivity contribution in [1.82, 2.24) is 14.8 Å². The Balaban J connectivity index is 1.80. The maximum Gasteiger partial charge on any atom is 0.518 e. The quantitative estimate of drug-likeness (QED) is 0.565. The highest BCUT2D eigenvalue weighted by molar-refractivity contribution is 9.10. The topological polar surface area (TPSA) is 58.4 Å². The number of aromatic nitrogens is 3. The summed E-state index contributed by atoms with van der Waals surface area (Å²) in [6, 6.07) is 3.95. The van der Waals surface area contributed by atoms with Gasteiger partial charge in [-0.25, -0.2) is 9.67 Å². The molecule has 2 aliphatic rings. The summed E-state index contributed by atoms with van der Waals surface area (Å²) < 4.78 is 21.1. The molecule has 1 atom stereocenters. The number of ether oxygens (including phenoxy) is 1. The first-order valence-corrected chi connectivity index (χ1v) is 9.60. The average Bonchev–Trinajstić information content (AvgIpc) is 3.02. The molecule has 0 aliphatic carbocycles. The van der Waals surface area contributed by atoms with Gasteiger partial charge in [0.25, 0.3) is 0 Å². The Labute approximate surface area is 156 Å². The van der Waals surface area contributed by atoms with E-state index >= 15 is 0 Å². The van der Waals surface area contributed by atoms with E-state index in [0.717, 1.165) is 41.5 Å². The third-order valence-electron chi connectivity index (χ3n) is 5.45. The minimum Gasteiger partial charge on any atom is -0.398 e. The molecule has 0 spiro atoms. The fraction of sp³-hybridized carbons (Fsp3) is 0.647. The first-order chi connectivity index (χ1) is 11.8. The molecule has 25 heavy (non-hydrogen) atoms. The molecule has 0 aromatic carbocycles. The van der Waals surface area contributed by atoms with Crippen molar-refractivity contribution in [1.29, 1.82) is 0 Å². The van der Waals surface area contributed by atoms with Crippen LogP contribution in [0.15, 0.2) is 16.7 Å². The largest absolute Gasteiger partial charge is 0.518 e. The molecule has 0 amide bonds. The predicted octanol–water partition coefficient (Wildman–Crippen LogP) is 3.19. The van der Waals surface area contributed by atoms with E-state index in [4.69, 9.17) is 19.1 Å². The molecule has 0 saturated carbocycles. The number of hydrogen-bond acceptors (Lipinski definition) is 5. The summed E-state index contributed by atoms with van der Waals surface area (Å²) >= 11 is 3.46. The van der Waals surface area contributed by atoms with Gasteiger partial charge < -0.3 is 14.0 Å². The molecule has 0 bridgehead atoms. The summed E-state index contributed by atoms with van der Waals surface area (Å²) in [6.07, 6.45) is 3.14. The Kier molecular flexibility index (Phi) is 4.22. The van der Waals surface area contributed by atoms with E-state index in [1.165, 1.54) is 0 Å². The number of pyridine rings is 1. The molecule has 1 unspecified atom stereocenters. The fourth-order valence-corrected chi connectivity index (χ4v) is 3.58. The van der Waals surface area contributed by atoms with E-state index in [0.29, 0.717) is 5.59 Å². The Morgan fingerprint density at radius 1 is 1.16 bits per heavy atom. The molecule has 6 nitrogen and oxygen atoms in total. The minimum absolute atomic E-state index is 0.0598. The van der Waals surface area contributed by atoms with Crippen molar-refractivity contribution in [3.05, 3.63) is 16.7 Å². The molecule has 2 aromatic rings. The lowest BCUT2D eigenvalue weighted by molar-refractivity contribution is -0.0364. The first-order valence-electron chi connectivity index (χ1n) is 8.80. The number of hydrogen-bond donors (Lipinski definition) is 0. The summed E-state index contributed by atoms with van der Waals surface area (Å²) in [7, 11) is -0.542. The molecule has 8 heteroatoms. The predicted molar refractivity (Wildman–Crippen MR) is 99.8 cm³/mol. The van der Waals surface area contributed by atoms with Gasteiger partial charge in [0.1, 0.15) is 15.7 Å². The second-order valence-corrected chi connectivity index (χ2v) is 8.55. The van der Waals surface area contributed by atoms with Gasteiger partial charge in [-0.3, -0.25) is 0 Å². The van der Waals surface area contributed by atoms with Gasteiger partial charge in [0.2, 0.25) is 0 Å². The van der Waals surface area contributed by atoms with Gasteiger partial charge >= 0.3 is 7.12 Å². The van der Waals surface area contributed by atoms with E-state index in [2.05, 4.69) is 20.9 Å². The normalized spacial score (nSPS) is 25.6. The molecule has 0 N–H and O–H groups in total. The van der Waals surface area contributed by atoms with Crippen LogP contribution in [0.4, 0.5) is 0 Å². The Bertz CT molecular complexity index is 786. The first kappa shape index (κ1) is 17.5. The molecule has 2 aliphatic heterocycles. The van der Waals surface area contributed by atoms with Gasteiger partial charge in [-0.1, -0.05) is 0 Å². The molecule has 0 radical (unpaired) electrons. The van der Waals surface area contributed by atoms with Crippen LogP contribution in [0, 0.1) is 0 Å². The van der Waals surface area contributed by atoms with Crippen molar-refractivity contribution in [3.8, 4) is 0 Å². The second kappa shape index (κ2) is 6.04. The van der Waals surface area contributed by atoms with Crippen molar-refractivity contribution in [2.24, 2.45) is 0 Å². The monoisotopic (exact) mass is 407 g/mol. The molecule has 4 rings (SSSR count). The van der Waals surface area contributed by atoms with Gasteiger partial charge in [-0.05, 0) is 75.0 Å². The summed E-state index contributed by atoms with van der Waals surface area (Å²) in [6.45, 7) is 8.93. The van der Waals surface area contributed by atoms with Crippen LogP contribution in [0.5, 0.6) is 0 Å². The van der Waals surface area contributed by atoms with Crippen LogP contribution in [0.1, 0.15) is 53.2 Å². The highest BCUT2D eigenvalue weighted by Crippen LogP contribution is 2.37. The lowest BCUT2D eigenvalue weighted by Crippen LogP contribution is -2.41. The van der Waals surface area contributed by atoms with E-state index in [9.17, 15) is 0 Å². The third kappa shape index (κ3) is 2.93. The fourth-order valence-electron chi connectivity index (χ4n) is 3.27. The molecule has 2 aromatic heterocycles. The molecular weight excluding hydrogens is 385 g/mol. The highest BCUT2D eigenvalue weighted by Gasteiger charge is 2.53. The van der Waals surface area contributed by atoms with Gasteiger partial charge in [0.15, 0.2) is 6.23 Å². The van der Waals surface area contributed by atoms with Crippen LogP contribution in [-0.2, 0) is 14.0 Å². The lowest BCUT2D eigenvalue weighted by Gasteiger charge is -2.32. The summed E-state index contributed by atoms with van der Waals surface area (Å²) in [5.74, 6) is 0.